The van der Waals surface area contributed by atoms with Crippen molar-refractivity contribution in [1.82, 2.24) is 0 Å². The molecule has 1 aromatic carbocycles. The molecule has 0 bridgehead atoms. The number of nitrogens with zero attached hydrogens (tertiary/aromatic N) is 1. The fraction of sp³-hybridized carbons (Fsp3) is 0.571. The van der Waals surface area contributed by atoms with Crippen molar-refractivity contribution in [1.29, 1.82) is 0 Å². The van der Waals surface area contributed by atoms with E-state index in [1.54, 1.807) is 13.0 Å². The molecule has 9 nitrogen and oxygen atoms in total. The van der Waals surface area contributed by atoms with Crippen LogP contribution in [-0.4, -0.2) is 57.5 Å². The van der Waals surface area contributed by atoms with E-state index in [1.165, 1.54) is 19.1 Å². The molecule has 0 unspecified atom stereocenters. The maximum Gasteiger partial charge on any atom is 0.296 e. The van der Waals surface area contributed by atoms with Crippen molar-refractivity contribution in [2.75, 3.05) is 11.9 Å². The Hall–Kier alpha value is -1.94. The van der Waals surface area contributed by atoms with Crippen LogP contribution in [0.2, 0.25) is 0 Å². The second-order valence-electron chi connectivity index (χ2n) is 5.25. The summed E-state index contributed by atoms with van der Waals surface area (Å²) in [6, 6.07) is 4.24. The molecular weight excluding hydrogens is 308 g/mol. The fourth-order valence-electron chi connectivity index (χ4n) is 2.36. The van der Waals surface area contributed by atoms with Crippen molar-refractivity contribution < 1.29 is 29.7 Å². The zero-order valence-electron chi connectivity index (χ0n) is 12.7. The highest BCUT2D eigenvalue weighted by Gasteiger charge is 2.42. The second-order valence-corrected chi connectivity index (χ2v) is 5.25. The van der Waals surface area contributed by atoms with Gasteiger partial charge < -0.3 is 30.1 Å². The van der Waals surface area contributed by atoms with Gasteiger partial charge in [-0.15, -0.1) is 0 Å². The Morgan fingerprint density at radius 1 is 1.30 bits per heavy atom. The molecule has 0 aliphatic carbocycles. The molecule has 1 heterocycles. The predicted octanol–water partition coefficient (Wildman–Crippen LogP) is 0.233. The zero-order valence-corrected chi connectivity index (χ0v) is 12.7. The Morgan fingerprint density at radius 3 is 2.61 bits per heavy atom. The molecule has 2 rings (SSSR count). The Labute approximate surface area is 132 Å². The van der Waals surface area contributed by atoms with E-state index in [4.69, 9.17) is 9.47 Å². The summed E-state index contributed by atoms with van der Waals surface area (Å²) in [4.78, 5) is 10.6. The van der Waals surface area contributed by atoms with E-state index in [0.717, 1.165) is 0 Å². The molecule has 1 aliphatic rings. The third kappa shape index (κ3) is 3.70. The maximum absolute atomic E-state index is 11.2. The number of nitrogens with one attached hydrogen (secondary N) is 1. The highest BCUT2D eigenvalue weighted by Crippen LogP contribution is 2.31. The summed E-state index contributed by atoms with van der Waals surface area (Å²) >= 11 is 0. The Bertz CT molecular complexity index is 568. The molecule has 1 fully saturated rings. The average molecular weight is 328 g/mol. The van der Waals surface area contributed by atoms with Gasteiger partial charge in [0.05, 0.1) is 23.7 Å². The summed E-state index contributed by atoms with van der Waals surface area (Å²) in [7, 11) is 0. The first-order chi connectivity index (χ1) is 10.8. The first kappa shape index (κ1) is 17.4. The third-order valence-electron chi connectivity index (χ3n) is 3.63. The van der Waals surface area contributed by atoms with Gasteiger partial charge >= 0.3 is 0 Å². The smallest absolute Gasteiger partial charge is 0.296 e. The van der Waals surface area contributed by atoms with Crippen molar-refractivity contribution in [3.8, 4) is 5.75 Å². The number of hydrogen-bond donors (Lipinski definition) is 4. The molecule has 23 heavy (non-hydrogen) atoms. The minimum absolute atomic E-state index is 0.110. The lowest BCUT2D eigenvalue weighted by molar-refractivity contribution is -0.384. The van der Waals surface area contributed by atoms with Gasteiger partial charge in [0, 0.05) is 0 Å². The van der Waals surface area contributed by atoms with Crippen LogP contribution in [0.5, 0.6) is 5.75 Å². The molecule has 1 aromatic rings. The van der Waals surface area contributed by atoms with Crippen LogP contribution in [-0.2, 0) is 4.74 Å². The number of nitro benzene ring substituents is 1. The lowest BCUT2D eigenvalue weighted by atomic mass is 9.99. The normalized spacial score (nSPS) is 30.7. The number of rotatable bonds is 5. The largest absolute Gasteiger partial charge is 0.494 e. The second kappa shape index (κ2) is 7.09. The van der Waals surface area contributed by atoms with Gasteiger partial charge in [0.2, 0.25) is 0 Å². The number of anilines is 1. The van der Waals surface area contributed by atoms with Crippen LogP contribution in [0.1, 0.15) is 13.8 Å². The topological polar surface area (TPSA) is 134 Å². The van der Waals surface area contributed by atoms with E-state index < -0.39 is 35.6 Å². The SMILES string of the molecule is CCOc1ccc(N[C@@H]2O[C@H](C)[C@H](O)[C@H](O)[C@@H]2O)c([N+](=O)[O-])c1. The van der Waals surface area contributed by atoms with Gasteiger partial charge in [0.1, 0.15) is 29.7 Å². The van der Waals surface area contributed by atoms with E-state index in [1.807, 2.05) is 0 Å². The standard InChI is InChI=1S/C14H20N2O7/c1-3-22-8-4-5-9(10(6-8)16(20)21)15-14-13(19)12(18)11(17)7(2)23-14/h4-7,11-15,17-19H,3H2,1-2H3/t7-,11+,12+,13+,14-/m1/s1. The van der Waals surface area contributed by atoms with Crippen molar-refractivity contribution in [2.45, 2.75) is 44.5 Å². The summed E-state index contributed by atoms with van der Waals surface area (Å²) in [6.07, 6.45) is -5.93. The minimum Gasteiger partial charge on any atom is -0.494 e. The van der Waals surface area contributed by atoms with Gasteiger partial charge in [-0.05, 0) is 26.0 Å². The summed E-state index contributed by atoms with van der Waals surface area (Å²) in [5.74, 6) is 0.346. The van der Waals surface area contributed by atoms with E-state index in [0.29, 0.717) is 12.4 Å². The highest BCUT2D eigenvalue weighted by atomic mass is 16.6. The first-order valence-electron chi connectivity index (χ1n) is 7.22. The molecule has 128 valence electrons. The van der Waals surface area contributed by atoms with Gasteiger partial charge in [0.25, 0.3) is 5.69 Å². The third-order valence-corrected chi connectivity index (χ3v) is 3.63. The summed E-state index contributed by atoms with van der Waals surface area (Å²) in [5, 5.41) is 43.3. The monoisotopic (exact) mass is 328 g/mol. The Morgan fingerprint density at radius 2 is 2.00 bits per heavy atom. The molecular formula is C14H20N2O7. The fourth-order valence-corrected chi connectivity index (χ4v) is 2.36. The average Bonchev–Trinajstić information content (AvgIpc) is 2.52. The lowest BCUT2D eigenvalue weighted by Gasteiger charge is -2.39. The van der Waals surface area contributed by atoms with Crippen molar-refractivity contribution in [3.05, 3.63) is 28.3 Å². The molecule has 0 amide bonds. The molecule has 1 aliphatic heterocycles. The minimum atomic E-state index is -1.44. The van der Waals surface area contributed by atoms with Gasteiger partial charge in [-0.2, -0.15) is 0 Å². The number of ether oxygens (including phenoxy) is 2. The first-order valence-corrected chi connectivity index (χ1v) is 7.22. The molecule has 0 spiro atoms. The molecule has 0 saturated carbocycles. The van der Waals surface area contributed by atoms with Crippen LogP contribution in [0.4, 0.5) is 11.4 Å². The number of aliphatic hydroxyl groups is 3. The number of hydrogen-bond acceptors (Lipinski definition) is 8. The highest BCUT2D eigenvalue weighted by molar-refractivity contribution is 5.64. The van der Waals surface area contributed by atoms with Crippen molar-refractivity contribution in [2.24, 2.45) is 0 Å². The maximum atomic E-state index is 11.2. The summed E-state index contributed by atoms with van der Waals surface area (Å²) < 4.78 is 10.6. The zero-order chi connectivity index (χ0) is 17.1. The van der Waals surface area contributed by atoms with Gasteiger partial charge in [-0.1, -0.05) is 0 Å². The number of aliphatic hydroxyl groups excluding tert-OH is 3. The van der Waals surface area contributed by atoms with Crippen LogP contribution in [0.3, 0.4) is 0 Å². The van der Waals surface area contributed by atoms with Crippen LogP contribution < -0.4 is 10.1 Å². The van der Waals surface area contributed by atoms with Gasteiger partial charge in [0.15, 0.2) is 6.23 Å². The number of nitro groups is 1. The van der Waals surface area contributed by atoms with Gasteiger partial charge in [-0.3, -0.25) is 10.1 Å². The Kier molecular flexibility index (Phi) is 5.37. The van der Waals surface area contributed by atoms with Crippen LogP contribution in [0, 0.1) is 10.1 Å². The molecule has 0 aromatic heterocycles. The van der Waals surface area contributed by atoms with E-state index in [-0.39, 0.29) is 11.4 Å². The van der Waals surface area contributed by atoms with E-state index in [9.17, 15) is 25.4 Å². The van der Waals surface area contributed by atoms with Crippen LogP contribution in [0.15, 0.2) is 18.2 Å². The quantitative estimate of drug-likeness (QED) is 0.446. The Balaban J connectivity index is 2.23. The summed E-state index contributed by atoms with van der Waals surface area (Å²) in [6.45, 7) is 3.66. The molecule has 9 heteroatoms. The van der Waals surface area contributed by atoms with Crippen molar-refractivity contribution >= 4 is 11.4 Å². The molecule has 5 atom stereocenters. The molecule has 0 radical (unpaired) electrons. The lowest BCUT2D eigenvalue weighted by Crippen LogP contribution is -2.58. The van der Waals surface area contributed by atoms with Crippen molar-refractivity contribution in [3.63, 3.8) is 0 Å². The predicted molar refractivity (Wildman–Crippen MR) is 80.2 cm³/mol. The summed E-state index contributed by atoms with van der Waals surface area (Å²) in [5.41, 5.74) is -0.140. The van der Waals surface area contributed by atoms with E-state index in [2.05, 4.69) is 5.32 Å². The van der Waals surface area contributed by atoms with E-state index >= 15 is 0 Å². The van der Waals surface area contributed by atoms with Crippen LogP contribution in [0.25, 0.3) is 0 Å². The van der Waals surface area contributed by atoms with Crippen LogP contribution >= 0.6 is 0 Å². The molecule has 4 N–H and O–H groups in total. The van der Waals surface area contributed by atoms with Gasteiger partial charge in [-0.25, -0.2) is 0 Å². The molecule has 1 saturated heterocycles. The number of benzene rings is 1.